The number of hydrogen-bond donors (Lipinski definition) is 2. The maximum Gasteiger partial charge on any atom is 0.222 e. The molecule has 0 fully saturated rings. The molecule has 0 rings (SSSR count). The van der Waals surface area contributed by atoms with E-state index in [-0.39, 0.29) is 17.6 Å². The molecule has 0 saturated heterocycles. The molecule has 0 aromatic heterocycles. The van der Waals surface area contributed by atoms with Crippen molar-refractivity contribution in [3.8, 4) is 0 Å². The molecule has 0 aromatic carbocycles. The van der Waals surface area contributed by atoms with E-state index in [0.717, 1.165) is 32.2 Å². The summed E-state index contributed by atoms with van der Waals surface area (Å²) >= 11 is 0. The number of amides is 1. The van der Waals surface area contributed by atoms with Crippen LogP contribution in [0.3, 0.4) is 0 Å². The van der Waals surface area contributed by atoms with E-state index in [2.05, 4.69) is 11.9 Å². The van der Waals surface area contributed by atoms with Crippen molar-refractivity contribution < 1.29 is 9.90 Å². The highest BCUT2D eigenvalue weighted by molar-refractivity contribution is 5.78. The predicted octanol–water partition coefficient (Wildman–Crippen LogP) is 2.78. The number of nitrogens with one attached hydrogen (secondary N) is 1. The molecule has 3 heteroatoms. The van der Waals surface area contributed by atoms with Crippen molar-refractivity contribution in [1.82, 2.24) is 5.32 Å². The zero-order valence-corrected chi connectivity index (χ0v) is 9.88. The molecule has 0 aliphatic heterocycles. The first kappa shape index (κ1) is 14.0. The van der Waals surface area contributed by atoms with Crippen molar-refractivity contribution in [1.29, 1.82) is 0 Å². The topological polar surface area (TPSA) is 49.3 Å². The van der Waals surface area contributed by atoms with Gasteiger partial charge in [0.2, 0.25) is 5.91 Å². The first-order valence-electron chi connectivity index (χ1n) is 5.72. The molecule has 1 unspecified atom stereocenters. The number of carbonyl (C=O) groups excluding carboxylic acids is 1. The van der Waals surface area contributed by atoms with Crippen LogP contribution in [0.15, 0.2) is 12.3 Å². The smallest absolute Gasteiger partial charge is 0.222 e. The largest absolute Gasteiger partial charge is 0.513 e. The van der Waals surface area contributed by atoms with Crippen molar-refractivity contribution in [3.63, 3.8) is 0 Å². The van der Waals surface area contributed by atoms with Crippen LogP contribution in [-0.4, -0.2) is 17.6 Å². The fourth-order valence-electron chi connectivity index (χ4n) is 1.20. The maximum absolute atomic E-state index is 11.3. The van der Waals surface area contributed by atoms with Gasteiger partial charge in [0.15, 0.2) is 0 Å². The Morgan fingerprint density at radius 2 is 2.07 bits per heavy atom. The normalized spacial score (nSPS) is 12.1. The summed E-state index contributed by atoms with van der Waals surface area (Å²) in [6.07, 6.45) is 4.47. The van der Waals surface area contributed by atoms with E-state index in [4.69, 9.17) is 5.11 Å². The quantitative estimate of drug-likeness (QED) is 0.481. The number of allylic oxidation sites excluding steroid dienone is 1. The Labute approximate surface area is 92.6 Å². The van der Waals surface area contributed by atoms with Gasteiger partial charge in [0.25, 0.3) is 0 Å². The van der Waals surface area contributed by atoms with Crippen molar-refractivity contribution in [2.75, 3.05) is 6.54 Å². The van der Waals surface area contributed by atoms with Crippen LogP contribution in [0, 0.1) is 5.92 Å². The van der Waals surface area contributed by atoms with Gasteiger partial charge in [-0.05, 0) is 19.3 Å². The minimum absolute atomic E-state index is 0.113. The SMILES string of the molecule is C=C(O)CCCCCNC(=O)C(C)CC. The number of aliphatic hydroxyl groups excluding tert-OH is 1. The molecule has 0 saturated carbocycles. The molecule has 0 aliphatic carbocycles. The van der Waals surface area contributed by atoms with Crippen LogP contribution in [0.5, 0.6) is 0 Å². The minimum Gasteiger partial charge on any atom is -0.513 e. The fourth-order valence-corrected chi connectivity index (χ4v) is 1.20. The van der Waals surface area contributed by atoms with E-state index in [0.29, 0.717) is 6.42 Å². The standard InChI is InChI=1S/C12H23NO2/c1-4-10(2)12(15)13-9-7-5-6-8-11(3)14/h10,14H,3-9H2,1-2H3,(H,13,15). The Kier molecular flexibility index (Phi) is 7.78. The van der Waals surface area contributed by atoms with Gasteiger partial charge in [0.1, 0.15) is 0 Å². The van der Waals surface area contributed by atoms with Crippen LogP contribution < -0.4 is 5.32 Å². The highest BCUT2D eigenvalue weighted by atomic mass is 16.3. The number of carbonyl (C=O) groups is 1. The van der Waals surface area contributed by atoms with E-state index in [1.165, 1.54) is 0 Å². The summed E-state index contributed by atoms with van der Waals surface area (Å²) < 4.78 is 0. The highest BCUT2D eigenvalue weighted by Crippen LogP contribution is 2.04. The van der Waals surface area contributed by atoms with E-state index in [9.17, 15) is 4.79 Å². The Hall–Kier alpha value is -0.990. The van der Waals surface area contributed by atoms with E-state index < -0.39 is 0 Å². The predicted molar refractivity (Wildman–Crippen MR) is 62.7 cm³/mol. The van der Waals surface area contributed by atoms with E-state index in [1.807, 2.05) is 13.8 Å². The Balaban J connectivity index is 3.31. The van der Waals surface area contributed by atoms with Crippen LogP contribution in [0.1, 0.15) is 46.0 Å². The Bertz CT molecular complexity index is 202. The lowest BCUT2D eigenvalue weighted by molar-refractivity contribution is -0.124. The zero-order valence-electron chi connectivity index (χ0n) is 9.88. The van der Waals surface area contributed by atoms with Gasteiger partial charge in [-0.3, -0.25) is 4.79 Å². The molecule has 88 valence electrons. The van der Waals surface area contributed by atoms with Crippen molar-refractivity contribution in [3.05, 3.63) is 12.3 Å². The molecule has 15 heavy (non-hydrogen) atoms. The van der Waals surface area contributed by atoms with Gasteiger partial charge in [-0.2, -0.15) is 0 Å². The van der Waals surface area contributed by atoms with Gasteiger partial charge in [0.05, 0.1) is 5.76 Å². The summed E-state index contributed by atoms with van der Waals surface area (Å²) in [5, 5.41) is 11.7. The van der Waals surface area contributed by atoms with Crippen LogP contribution >= 0.6 is 0 Å². The molecule has 0 aliphatic rings. The average molecular weight is 213 g/mol. The summed E-state index contributed by atoms with van der Waals surface area (Å²) in [4.78, 5) is 11.3. The van der Waals surface area contributed by atoms with Crippen molar-refractivity contribution in [2.45, 2.75) is 46.0 Å². The summed E-state index contributed by atoms with van der Waals surface area (Å²) in [6.45, 7) is 8.11. The molecular formula is C12H23NO2. The van der Waals surface area contributed by atoms with Crippen LogP contribution in [0.4, 0.5) is 0 Å². The molecule has 0 spiro atoms. The van der Waals surface area contributed by atoms with Gasteiger partial charge in [0, 0.05) is 18.9 Å². The summed E-state index contributed by atoms with van der Waals surface area (Å²) in [5.74, 6) is 0.505. The Morgan fingerprint density at radius 1 is 1.40 bits per heavy atom. The molecule has 0 bridgehead atoms. The second-order valence-electron chi connectivity index (χ2n) is 3.98. The van der Waals surface area contributed by atoms with Crippen LogP contribution in [-0.2, 0) is 4.79 Å². The second-order valence-corrected chi connectivity index (χ2v) is 3.98. The lowest BCUT2D eigenvalue weighted by Crippen LogP contribution is -2.29. The molecule has 0 radical (unpaired) electrons. The minimum atomic E-state index is 0.113. The van der Waals surface area contributed by atoms with E-state index >= 15 is 0 Å². The molecule has 3 nitrogen and oxygen atoms in total. The van der Waals surface area contributed by atoms with Crippen molar-refractivity contribution in [2.24, 2.45) is 5.92 Å². The van der Waals surface area contributed by atoms with Gasteiger partial charge < -0.3 is 10.4 Å². The molecule has 0 aromatic rings. The zero-order chi connectivity index (χ0) is 11.7. The van der Waals surface area contributed by atoms with E-state index in [1.54, 1.807) is 0 Å². The average Bonchev–Trinajstić information content (AvgIpc) is 2.21. The number of rotatable bonds is 8. The first-order valence-corrected chi connectivity index (χ1v) is 5.72. The monoisotopic (exact) mass is 213 g/mol. The van der Waals surface area contributed by atoms with Gasteiger partial charge in [-0.1, -0.05) is 26.8 Å². The van der Waals surface area contributed by atoms with Crippen LogP contribution in [0.2, 0.25) is 0 Å². The van der Waals surface area contributed by atoms with Crippen molar-refractivity contribution >= 4 is 5.91 Å². The molecule has 1 amide bonds. The van der Waals surface area contributed by atoms with Gasteiger partial charge in [-0.25, -0.2) is 0 Å². The second kappa shape index (κ2) is 8.33. The van der Waals surface area contributed by atoms with Crippen LogP contribution in [0.25, 0.3) is 0 Å². The maximum atomic E-state index is 11.3. The number of unbranched alkanes of at least 4 members (excludes halogenated alkanes) is 2. The van der Waals surface area contributed by atoms with Gasteiger partial charge in [-0.15, -0.1) is 0 Å². The molecule has 1 atom stereocenters. The highest BCUT2D eigenvalue weighted by Gasteiger charge is 2.08. The van der Waals surface area contributed by atoms with Gasteiger partial charge >= 0.3 is 0 Å². The number of hydrogen-bond acceptors (Lipinski definition) is 2. The lowest BCUT2D eigenvalue weighted by atomic mass is 10.1. The number of aliphatic hydroxyl groups is 1. The summed E-state index contributed by atoms with van der Waals surface area (Å²) in [7, 11) is 0. The third-order valence-corrected chi connectivity index (χ3v) is 2.50. The Morgan fingerprint density at radius 3 is 2.60 bits per heavy atom. The third-order valence-electron chi connectivity index (χ3n) is 2.50. The molecular weight excluding hydrogens is 190 g/mol. The fraction of sp³-hybridized carbons (Fsp3) is 0.750. The summed E-state index contributed by atoms with van der Waals surface area (Å²) in [5.41, 5.74) is 0. The lowest BCUT2D eigenvalue weighted by Gasteiger charge is -2.09. The first-order chi connectivity index (χ1) is 7.07. The summed E-state index contributed by atoms with van der Waals surface area (Å²) in [6, 6.07) is 0. The molecule has 2 N–H and O–H groups in total. The molecule has 0 heterocycles. The third kappa shape index (κ3) is 8.03.